The summed E-state index contributed by atoms with van der Waals surface area (Å²) in [5, 5.41) is 5.53. The Kier molecular flexibility index (Phi) is 4.22. The Balaban J connectivity index is 1.85. The number of rotatable bonds is 3. The molecule has 0 bridgehead atoms. The molecule has 0 saturated heterocycles. The molecule has 2 aromatic carbocycles. The van der Waals surface area contributed by atoms with Crippen molar-refractivity contribution < 1.29 is 0 Å². The van der Waals surface area contributed by atoms with E-state index in [2.05, 4.69) is 31.2 Å². The van der Waals surface area contributed by atoms with Gasteiger partial charge in [-0.25, -0.2) is 9.50 Å². The molecule has 0 aliphatic rings. The molecule has 5 heteroatoms. The Labute approximate surface area is 174 Å². The summed E-state index contributed by atoms with van der Waals surface area (Å²) in [6.45, 7) is 4.12. The number of nitrogens with zero attached hydrogens (tertiary/aromatic N) is 4. The number of fused-ring (bicyclic) bond motifs is 1. The first-order valence-electron chi connectivity index (χ1n) is 9.47. The van der Waals surface area contributed by atoms with Crippen LogP contribution >= 0.6 is 11.6 Å². The van der Waals surface area contributed by atoms with Gasteiger partial charge in [0.15, 0.2) is 5.65 Å². The lowest BCUT2D eigenvalue weighted by molar-refractivity contribution is 0.905. The Hall–Kier alpha value is -3.37. The number of benzene rings is 2. The van der Waals surface area contributed by atoms with Crippen LogP contribution in [0.5, 0.6) is 0 Å². The molecule has 0 N–H and O–H groups in total. The highest BCUT2D eigenvalue weighted by Crippen LogP contribution is 2.32. The van der Waals surface area contributed by atoms with Gasteiger partial charge in [0.25, 0.3) is 0 Å². The quantitative estimate of drug-likeness (QED) is 0.366. The van der Waals surface area contributed by atoms with Crippen molar-refractivity contribution in [3.05, 3.63) is 95.4 Å². The summed E-state index contributed by atoms with van der Waals surface area (Å²) in [4.78, 5) is 4.98. The molecule has 5 aromatic rings. The zero-order valence-electron chi connectivity index (χ0n) is 16.2. The molecular weight excluding hydrogens is 380 g/mol. The van der Waals surface area contributed by atoms with Gasteiger partial charge in [0.2, 0.25) is 0 Å². The van der Waals surface area contributed by atoms with Crippen molar-refractivity contribution in [3.63, 3.8) is 0 Å². The SMILES string of the molecule is Cc1ccc(-c2c(C)nn3c(-c4cccc(Cl)c4)cc(-n4cccc4)nc23)cc1. The Bertz CT molecular complexity index is 1320. The fourth-order valence-electron chi connectivity index (χ4n) is 3.64. The van der Waals surface area contributed by atoms with Gasteiger partial charge in [-0.1, -0.05) is 53.6 Å². The maximum Gasteiger partial charge on any atom is 0.166 e. The fraction of sp³-hybridized carbons (Fsp3) is 0.0833. The lowest BCUT2D eigenvalue weighted by Crippen LogP contribution is -2.02. The summed E-state index contributed by atoms with van der Waals surface area (Å²) in [6, 6.07) is 22.4. The van der Waals surface area contributed by atoms with Crippen LogP contribution in [-0.2, 0) is 0 Å². The molecule has 0 fully saturated rings. The van der Waals surface area contributed by atoms with E-state index in [1.54, 1.807) is 0 Å². The molecule has 0 aliphatic carbocycles. The Morgan fingerprint density at radius 1 is 0.828 bits per heavy atom. The maximum absolute atomic E-state index is 6.28. The molecule has 0 radical (unpaired) electrons. The second kappa shape index (κ2) is 6.90. The monoisotopic (exact) mass is 398 g/mol. The third-order valence-electron chi connectivity index (χ3n) is 5.08. The van der Waals surface area contributed by atoms with Crippen molar-refractivity contribution in [1.82, 2.24) is 19.2 Å². The summed E-state index contributed by atoms with van der Waals surface area (Å²) >= 11 is 6.28. The van der Waals surface area contributed by atoms with Gasteiger partial charge in [0.1, 0.15) is 5.82 Å². The van der Waals surface area contributed by atoms with Crippen LogP contribution in [0.1, 0.15) is 11.3 Å². The predicted molar refractivity (Wildman–Crippen MR) is 118 cm³/mol. The first kappa shape index (κ1) is 17.7. The predicted octanol–water partition coefficient (Wildman–Crippen LogP) is 6.12. The molecule has 3 aromatic heterocycles. The van der Waals surface area contributed by atoms with E-state index >= 15 is 0 Å². The van der Waals surface area contributed by atoms with E-state index in [0.29, 0.717) is 5.02 Å². The highest BCUT2D eigenvalue weighted by Gasteiger charge is 2.18. The average molecular weight is 399 g/mol. The molecule has 0 amide bonds. The molecule has 3 heterocycles. The van der Waals surface area contributed by atoms with Gasteiger partial charge >= 0.3 is 0 Å². The maximum atomic E-state index is 6.28. The molecule has 5 rings (SSSR count). The van der Waals surface area contributed by atoms with E-state index < -0.39 is 0 Å². The molecule has 4 nitrogen and oxygen atoms in total. The summed E-state index contributed by atoms with van der Waals surface area (Å²) < 4.78 is 3.93. The highest BCUT2D eigenvalue weighted by atomic mass is 35.5. The van der Waals surface area contributed by atoms with Crippen molar-refractivity contribution in [3.8, 4) is 28.2 Å². The number of aromatic nitrogens is 4. The van der Waals surface area contributed by atoms with Crippen LogP contribution in [0.2, 0.25) is 5.02 Å². The van der Waals surface area contributed by atoms with Gasteiger partial charge in [0, 0.05) is 34.6 Å². The van der Waals surface area contributed by atoms with E-state index in [1.165, 1.54) is 5.56 Å². The summed E-state index contributed by atoms with van der Waals surface area (Å²) in [5.41, 5.74) is 7.09. The van der Waals surface area contributed by atoms with Gasteiger partial charge in [0.05, 0.1) is 11.4 Å². The van der Waals surface area contributed by atoms with Crippen LogP contribution in [0.4, 0.5) is 0 Å². The minimum Gasteiger partial charge on any atom is -0.309 e. The van der Waals surface area contributed by atoms with Gasteiger partial charge < -0.3 is 4.57 Å². The summed E-state index contributed by atoms with van der Waals surface area (Å²) in [5.74, 6) is 0.839. The summed E-state index contributed by atoms with van der Waals surface area (Å²) in [7, 11) is 0. The topological polar surface area (TPSA) is 35.1 Å². The van der Waals surface area contributed by atoms with Crippen LogP contribution in [0, 0.1) is 13.8 Å². The van der Waals surface area contributed by atoms with Crippen molar-refractivity contribution in [2.75, 3.05) is 0 Å². The number of hydrogen-bond donors (Lipinski definition) is 0. The molecule has 0 saturated carbocycles. The standard InChI is InChI=1S/C24H19ClN4/c1-16-8-10-18(11-9-16)23-17(2)27-29-21(19-6-5-7-20(25)14-19)15-22(26-24(23)29)28-12-3-4-13-28/h3-15H,1-2H3. The molecule has 142 valence electrons. The third-order valence-corrected chi connectivity index (χ3v) is 5.32. The van der Waals surface area contributed by atoms with Gasteiger partial charge in [-0.2, -0.15) is 5.10 Å². The average Bonchev–Trinajstić information content (AvgIpc) is 3.35. The van der Waals surface area contributed by atoms with Gasteiger partial charge in [-0.05, 0) is 43.7 Å². The fourth-order valence-corrected chi connectivity index (χ4v) is 3.83. The van der Waals surface area contributed by atoms with Crippen LogP contribution in [0.3, 0.4) is 0 Å². The van der Waals surface area contributed by atoms with E-state index in [1.807, 2.05) is 70.9 Å². The third kappa shape index (κ3) is 3.12. The zero-order chi connectivity index (χ0) is 20.0. The first-order chi connectivity index (χ1) is 14.1. The van der Waals surface area contributed by atoms with E-state index in [-0.39, 0.29) is 0 Å². The van der Waals surface area contributed by atoms with Crippen molar-refractivity contribution in [1.29, 1.82) is 0 Å². The van der Waals surface area contributed by atoms with E-state index in [9.17, 15) is 0 Å². The molecule has 0 spiro atoms. The van der Waals surface area contributed by atoms with Crippen molar-refractivity contribution in [2.45, 2.75) is 13.8 Å². The Morgan fingerprint density at radius 2 is 1.59 bits per heavy atom. The molecule has 0 aliphatic heterocycles. The van der Waals surface area contributed by atoms with Gasteiger partial charge in [-0.3, -0.25) is 0 Å². The number of halogens is 1. The summed E-state index contributed by atoms with van der Waals surface area (Å²) in [6.07, 6.45) is 3.99. The minimum absolute atomic E-state index is 0.692. The highest BCUT2D eigenvalue weighted by molar-refractivity contribution is 6.30. The van der Waals surface area contributed by atoms with E-state index in [4.69, 9.17) is 21.7 Å². The van der Waals surface area contributed by atoms with Gasteiger partial charge in [-0.15, -0.1) is 0 Å². The smallest absolute Gasteiger partial charge is 0.166 e. The van der Waals surface area contributed by atoms with Crippen molar-refractivity contribution in [2.24, 2.45) is 0 Å². The lowest BCUT2D eigenvalue weighted by Gasteiger charge is -2.10. The van der Waals surface area contributed by atoms with Crippen LogP contribution in [-0.4, -0.2) is 19.2 Å². The number of aryl methyl sites for hydroxylation is 2. The molecular formula is C24H19ClN4. The zero-order valence-corrected chi connectivity index (χ0v) is 16.9. The van der Waals surface area contributed by atoms with Crippen LogP contribution < -0.4 is 0 Å². The van der Waals surface area contributed by atoms with Crippen LogP contribution in [0.25, 0.3) is 33.8 Å². The Morgan fingerprint density at radius 3 is 2.31 bits per heavy atom. The molecule has 0 atom stereocenters. The second-order valence-corrected chi connectivity index (χ2v) is 7.60. The van der Waals surface area contributed by atoms with Crippen molar-refractivity contribution >= 4 is 17.2 Å². The first-order valence-corrected chi connectivity index (χ1v) is 9.85. The van der Waals surface area contributed by atoms with Crippen LogP contribution in [0.15, 0.2) is 79.1 Å². The normalized spacial score (nSPS) is 11.3. The minimum atomic E-state index is 0.692. The molecule has 29 heavy (non-hydrogen) atoms. The lowest BCUT2D eigenvalue weighted by atomic mass is 10.0. The second-order valence-electron chi connectivity index (χ2n) is 7.16. The largest absolute Gasteiger partial charge is 0.309 e. The molecule has 0 unspecified atom stereocenters. The van der Waals surface area contributed by atoms with E-state index in [0.717, 1.165) is 39.5 Å². The number of hydrogen-bond acceptors (Lipinski definition) is 2.